The minimum Gasteiger partial charge on any atom is -0.354 e. The molecule has 3 aromatic heterocycles. The number of aromatic amines is 2. The summed E-state index contributed by atoms with van der Waals surface area (Å²) in [6.45, 7) is 13.8. The second kappa shape index (κ2) is 10.4. The van der Waals surface area contributed by atoms with Gasteiger partial charge in [-0.2, -0.15) is 0 Å². The number of rotatable bonds is 7. The number of imidazole rings is 1. The molecule has 0 unspecified atom stereocenters. The number of H-pyrrole nitrogens is 2. The molecular formula is C25H34N6O. The Morgan fingerprint density at radius 3 is 2.50 bits per heavy atom. The molecule has 0 atom stereocenters. The largest absolute Gasteiger partial charge is 0.354 e. The predicted octanol–water partition coefficient (Wildman–Crippen LogP) is 4.85. The minimum absolute atomic E-state index is 0.0377. The Bertz CT molecular complexity index is 1190. The van der Waals surface area contributed by atoms with Crippen LogP contribution in [0.3, 0.4) is 0 Å². The molecule has 7 nitrogen and oxygen atoms in total. The standard InChI is InChI=1S/C23H28N6O.C2H6/c1-5-29(6-2)12-11-28(4)23(30)17-8-7-16-13-20(27-19(16)14-17)18-9-10-24-22-21(18)25-15(3)26-22;1-2/h7-10,13-14,27H,5-6,11-12H2,1-4H3,(H,24,25,26);1-2H3. The molecule has 0 radical (unpaired) electrons. The number of pyridine rings is 1. The van der Waals surface area contributed by atoms with E-state index in [9.17, 15) is 4.79 Å². The topological polar surface area (TPSA) is 80.9 Å². The number of likely N-dealkylation sites (N-methyl/N-ethyl adjacent to an activating group) is 2. The van der Waals surface area contributed by atoms with Gasteiger partial charge < -0.3 is 19.8 Å². The van der Waals surface area contributed by atoms with E-state index < -0.39 is 0 Å². The second-order valence-corrected chi connectivity index (χ2v) is 7.62. The molecule has 0 bridgehead atoms. The average Bonchev–Trinajstić information content (AvgIpc) is 3.42. The molecule has 4 rings (SSSR count). The zero-order chi connectivity index (χ0) is 23.3. The van der Waals surface area contributed by atoms with Crippen molar-refractivity contribution < 1.29 is 4.79 Å². The number of aromatic nitrogens is 4. The van der Waals surface area contributed by atoms with Crippen molar-refractivity contribution in [3.8, 4) is 11.3 Å². The number of carbonyl (C=O) groups excluding carboxylic acids is 1. The van der Waals surface area contributed by atoms with Crippen molar-refractivity contribution in [1.29, 1.82) is 0 Å². The molecule has 4 aromatic rings. The summed E-state index contributed by atoms with van der Waals surface area (Å²) in [5.41, 5.74) is 5.23. The number of benzene rings is 1. The van der Waals surface area contributed by atoms with Crippen LogP contribution in [-0.4, -0.2) is 68.9 Å². The van der Waals surface area contributed by atoms with Crippen molar-refractivity contribution in [3.05, 3.63) is 47.9 Å². The van der Waals surface area contributed by atoms with Crippen molar-refractivity contribution in [2.75, 3.05) is 33.2 Å². The summed E-state index contributed by atoms with van der Waals surface area (Å²) >= 11 is 0. The van der Waals surface area contributed by atoms with E-state index in [0.29, 0.717) is 17.8 Å². The lowest BCUT2D eigenvalue weighted by molar-refractivity contribution is 0.0780. The molecule has 1 aromatic carbocycles. The lowest BCUT2D eigenvalue weighted by atomic mass is 10.1. The first-order chi connectivity index (χ1) is 15.5. The number of nitrogens with zero attached hydrogens (tertiary/aromatic N) is 4. The van der Waals surface area contributed by atoms with E-state index in [2.05, 4.69) is 44.7 Å². The summed E-state index contributed by atoms with van der Waals surface area (Å²) in [4.78, 5) is 32.5. The van der Waals surface area contributed by atoms with Gasteiger partial charge in [-0.05, 0) is 44.3 Å². The SMILES string of the molecule is CC.CCN(CC)CCN(C)C(=O)c1ccc2cc(-c3ccnc4nc(C)[nH]c34)[nH]c2c1. The van der Waals surface area contributed by atoms with Crippen molar-refractivity contribution in [3.63, 3.8) is 0 Å². The van der Waals surface area contributed by atoms with Crippen LogP contribution in [0.15, 0.2) is 36.5 Å². The molecule has 7 heteroatoms. The Hall–Kier alpha value is -3.19. The fraction of sp³-hybridized carbons (Fsp3) is 0.400. The summed E-state index contributed by atoms with van der Waals surface area (Å²) in [6, 6.07) is 9.90. The zero-order valence-electron chi connectivity index (χ0n) is 20.0. The van der Waals surface area contributed by atoms with E-state index in [0.717, 1.165) is 53.1 Å². The summed E-state index contributed by atoms with van der Waals surface area (Å²) in [5, 5.41) is 1.06. The van der Waals surface area contributed by atoms with Crippen molar-refractivity contribution in [2.45, 2.75) is 34.6 Å². The molecule has 32 heavy (non-hydrogen) atoms. The monoisotopic (exact) mass is 434 g/mol. The number of carbonyl (C=O) groups is 1. The van der Waals surface area contributed by atoms with Gasteiger partial charge in [-0.15, -0.1) is 0 Å². The molecule has 0 aliphatic carbocycles. The Balaban J connectivity index is 0.00000141. The Morgan fingerprint density at radius 2 is 1.78 bits per heavy atom. The Labute approximate surface area is 189 Å². The van der Waals surface area contributed by atoms with Gasteiger partial charge in [-0.3, -0.25) is 4.79 Å². The van der Waals surface area contributed by atoms with Crippen LogP contribution in [0.25, 0.3) is 33.3 Å². The molecule has 2 N–H and O–H groups in total. The highest BCUT2D eigenvalue weighted by Gasteiger charge is 2.15. The normalized spacial score (nSPS) is 11.1. The lowest BCUT2D eigenvalue weighted by Crippen LogP contribution is -2.36. The average molecular weight is 435 g/mol. The van der Waals surface area contributed by atoms with E-state index >= 15 is 0 Å². The molecule has 0 saturated heterocycles. The van der Waals surface area contributed by atoms with Crippen LogP contribution in [0.2, 0.25) is 0 Å². The molecule has 0 fully saturated rings. The van der Waals surface area contributed by atoms with Crippen molar-refractivity contribution >= 4 is 28.0 Å². The van der Waals surface area contributed by atoms with Crippen molar-refractivity contribution in [2.24, 2.45) is 0 Å². The first-order valence-electron chi connectivity index (χ1n) is 11.4. The number of amides is 1. The fourth-order valence-electron chi connectivity index (χ4n) is 3.81. The van der Waals surface area contributed by atoms with E-state index in [1.807, 2.05) is 52.1 Å². The van der Waals surface area contributed by atoms with Crippen LogP contribution in [0.4, 0.5) is 0 Å². The maximum Gasteiger partial charge on any atom is 0.253 e. The highest BCUT2D eigenvalue weighted by Crippen LogP contribution is 2.29. The van der Waals surface area contributed by atoms with Crippen LogP contribution in [-0.2, 0) is 0 Å². The number of fused-ring (bicyclic) bond motifs is 2. The van der Waals surface area contributed by atoms with E-state index in [1.54, 1.807) is 11.1 Å². The maximum atomic E-state index is 12.9. The van der Waals surface area contributed by atoms with Crippen LogP contribution in [0.5, 0.6) is 0 Å². The van der Waals surface area contributed by atoms with Gasteiger partial charge in [0.05, 0.1) is 5.52 Å². The van der Waals surface area contributed by atoms with Gasteiger partial charge in [-0.25, -0.2) is 9.97 Å². The van der Waals surface area contributed by atoms with Gasteiger partial charge in [-0.1, -0.05) is 33.8 Å². The first kappa shape index (κ1) is 23.5. The summed E-state index contributed by atoms with van der Waals surface area (Å²) in [6.07, 6.45) is 1.77. The van der Waals surface area contributed by atoms with E-state index in [-0.39, 0.29) is 5.91 Å². The zero-order valence-corrected chi connectivity index (χ0v) is 20.0. The molecule has 0 aliphatic heterocycles. The van der Waals surface area contributed by atoms with Gasteiger partial charge in [0.15, 0.2) is 5.65 Å². The van der Waals surface area contributed by atoms with Crippen LogP contribution in [0, 0.1) is 6.92 Å². The first-order valence-corrected chi connectivity index (χ1v) is 11.4. The molecule has 1 amide bonds. The van der Waals surface area contributed by atoms with Crippen LogP contribution < -0.4 is 0 Å². The molecular weight excluding hydrogens is 400 g/mol. The van der Waals surface area contributed by atoms with E-state index in [4.69, 9.17) is 0 Å². The molecule has 0 spiro atoms. The minimum atomic E-state index is 0.0377. The summed E-state index contributed by atoms with van der Waals surface area (Å²) in [7, 11) is 1.87. The van der Waals surface area contributed by atoms with Gasteiger partial charge in [0.2, 0.25) is 0 Å². The molecule has 170 valence electrons. The third-order valence-corrected chi connectivity index (χ3v) is 5.66. The Kier molecular flexibility index (Phi) is 7.64. The molecule has 3 heterocycles. The number of hydrogen-bond acceptors (Lipinski definition) is 4. The predicted molar refractivity (Wildman–Crippen MR) is 132 cm³/mol. The second-order valence-electron chi connectivity index (χ2n) is 7.62. The quantitative estimate of drug-likeness (QED) is 0.435. The van der Waals surface area contributed by atoms with Crippen LogP contribution >= 0.6 is 0 Å². The van der Waals surface area contributed by atoms with E-state index in [1.165, 1.54) is 0 Å². The Morgan fingerprint density at radius 1 is 1.03 bits per heavy atom. The lowest BCUT2D eigenvalue weighted by Gasteiger charge is -2.23. The van der Waals surface area contributed by atoms with Crippen molar-refractivity contribution in [1.82, 2.24) is 29.7 Å². The number of hydrogen-bond donors (Lipinski definition) is 2. The van der Waals surface area contributed by atoms with Gasteiger partial charge in [0, 0.05) is 54.1 Å². The highest BCUT2D eigenvalue weighted by molar-refractivity contribution is 5.99. The molecule has 0 saturated carbocycles. The van der Waals surface area contributed by atoms with Gasteiger partial charge in [0.1, 0.15) is 5.82 Å². The third-order valence-electron chi connectivity index (χ3n) is 5.66. The van der Waals surface area contributed by atoms with Gasteiger partial charge >= 0.3 is 0 Å². The third kappa shape index (κ3) is 4.83. The molecule has 0 aliphatic rings. The smallest absolute Gasteiger partial charge is 0.253 e. The fourth-order valence-corrected chi connectivity index (χ4v) is 3.81. The summed E-state index contributed by atoms with van der Waals surface area (Å²) in [5.74, 6) is 0.873. The summed E-state index contributed by atoms with van der Waals surface area (Å²) < 4.78 is 0. The maximum absolute atomic E-state index is 12.9. The van der Waals surface area contributed by atoms with Crippen LogP contribution in [0.1, 0.15) is 43.9 Å². The number of nitrogens with one attached hydrogen (secondary N) is 2. The van der Waals surface area contributed by atoms with Gasteiger partial charge in [0.25, 0.3) is 5.91 Å². The number of aryl methyl sites for hydroxylation is 1. The highest BCUT2D eigenvalue weighted by atomic mass is 16.2.